The van der Waals surface area contributed by atoms with Crippen molar-refractivity contribution in [2.24, 2.45) is 0 Å². The first-order chi connectivity index (χ1) is 10.1. The van der Waals surface area contributed by atoms with Crippen molar-refractivity contribution in [3.63, 3.8) is 0 Å². The Morgan fingerprint density at radius 2 is 1.71 bits per heavy atom. The van der Waals surface area contributed by atoms with E-state index < -0.39 is 11.4 Å². The van der Waals surface area contributed by atoms with E-state index in [-0.39, 0.29) is 0 Å². The Morgan fingerprint density at radius 3 is 2.33 bits per heavy atom. The summed E-state index contributed by atoms with van der Waals surface area (Å²) >= 11 is 0. The zero-order valence-corrected chi connectivity index (χ0v) is 12.7. The zero-order valence-electron chi connectivity index (χ0n) is 12.7. The SMILES string of the molecule is CN1CCN(c2ccccc2C2(C(=O)O)CCCC2)CC1. The molecule has 1 saturated carbocycles. The largest absolute Gasteiger partial charge is 0.481 e. The second-order valence-electron chi connectivity index (χ2n) is 6.40. The van der Waals surface area contributed by atoms with Gasteiger partial charge in [0.15, 0.2) is 0 Å². The molecule has 1 heterocycles. The van der Waals surface area contributed by atoms with E-state index in [0.717, 1.165) is 63.1 Å². The maximum absolute atomic E-state index is 12.0. The first kappa shape index (κ1) is 14.4. The fourth-order valence-electron chi connectivity index (χ4n) is 3.78. The summed E-state index contributed by atoms with van der Waals surface area (Å²) in [5.41, 5.74) is 1.49. The highest BCUT2D eigenvalue weighted by molar-refractivity contribution is 5.84. The van der Waals surface area contributed by atoms with Crippen LogP contribution in [0.1, 0.15) is 31.2 Å². The molecule has 1 aliphatic carbocycles. The lowest BCUT2D eigenvalue weighted by Gasteiger charge is -2.37. The Hall–Kier alpha value is -1.55. The molecule has 21 heavy (non-hydrogen) atoms. The maximum atomic E-state index is 12.0. The van der Waals surface area contributed by atoms with E-state index >= 15 is 0 Å². The van der Waals surface area contributed by atoms with Crippen molar-refractivity contribution >= 4 is 11.7 Å². The van der Waals surface area contributed by atoms with Gasteiger partial charge in [-0.3, -0.25) is 4.79 Å². The smallest absolute Gasteiger partial charge is 0.314 e. The van der Waals surface area contributed by atoms with Crippen LogP contribution >= 0.6 is 0 Å². The van der Waals surface area contributed by atoms with Crippen LogP contribution in [0.2, 0.25) is 0 Å². The van der Waals surface area contributed by atoms with Crippen LogP contribution < -0.4 is 4.90 Å². The average Bonchev–Trinajstić information content (AvgIpc) is 2.99. The molecule has 2 fully saturated rings. The molecule has 4 nitrogen and oxygen atoms in total. The van der Waals surface area contributed by atoms with Gasteiger partial charge in [0.1, 0.15) is 0 Å². The topological polar surface area (TPSA) is 43.8 Å². The lowest BCUT2D eigenvalue weighted by Crippen LogP contribution is -2.46. The molecular weight excluding hydrogens is 264 g/mol. The summed E-state index contributed by atoms with van der Waals surface area (Å²) in [6, 6.07) is 8.15. The zero-order chi connectivity index (χ0) is 14.9. The summed E-state index contributed by atoms with van der Waals surface area (Å²) in [7, 11) is 2.14. The lowest BCUT2D eigenvalue weighted by atomic mass is 9.77. The van der Waals surface area contributed by atoms with Gasteiger partial charge in [-0.05, 0) is 31.5 Å². The minimum absolute atomic E-state index is 0.651. The highest BCUT2D eigenvalue weighted by Gasteiger charge is 2.44. The molecule has 3 rings (SSSR count). The molecule has 1 aromatic rings. The Kier molecular flexibility index (Phi) is 3.89. The molecule has 1 N–H and O–H groups in total. The molecule has 1 aliphatic heterocycles. The van der Waals surface area contributed by atoms with Gasteiger partial charge in [-0.2, -0.15) is 0 Å². The third-order valence-electron chi connectivity index (χ3n) is 5.13. The molecule has 0 radical (unpaired) electrons. The molecule has 4 heteroatoms. The summed E-state index contributed by atoms with van der Waals surface area (Å²) in [6.07, 6.45) is 3.58. The number of hydrogen-bond donors (Lipinski definition) is 1. The van der Waals surface area contributed by atoms with Crippen molar-refractivity contribution in [3.05, 3.63) is 29.8 Å². The van der Waals surface area contributed by atoms with E-state index in [4.69, 9.17) is 0 Å². The molecule has 0 amide bonds. The number of carboxylic acid groups (broad SMARTS) is 1. The Labute approximate surface area is 126 Å². The molecule has 0 aromatic heterocycles. The van der Waals surface area contributed by atoms with Gasteiger partial charge in [-0.25, -0.2) is 0 Å². The summed E-state index contributed by atoms with van der Waals surface area (Å²) in [5, 5.41) is 9.86. The van der Waals surface area contributed by atoms with Crippen LogP contribution in [0.5, 0.6) is 0 Å². The summed E-state index contributed by atoms with van der Waals surface area (Å²) in [4.78, 5) is 16.7. The molecule has 1 saturated heterocycles. The Bertz CT molecular complexity index is 515. The minimum atomic E-state index is -0.667. The van der Waals surface area contributed by atoms with E-state index in [1.54, 1.807) is 0 Å². The van der Waals surface area contributed by atoms with E-state index in [9.17, 15) is 9.90 Å². The van der Waals surface area contributed by atoms with E-state index in [2.05, 4.69) is 22.9 Å². The Morgan fingerprint density at radius 1 is 1.10 bits per heavy atom. The number of hydrogen-bond acceptors (Lipinski definition) is 3. The number of benzene rings is 1. The second kappa shape index (κ2) is 5.68. The van der Waals surface area contributed by atoms with Crippen molar-refractivity contribution < 1.29 is 9.90 Å². The van der Waals surface area contributed by atoms with Gasteiger partial charge >= 0.3 is 5.97 Å². The minimum Gasteiger partial charge on any atom is -0.481 e. The van der Waals surface area contributed by atoms with Gasteiger partial charge in [-0.1, -0.05) is 31.0 Å². The number of nitrogens with zero attached hydrogens (tertiary/aromatic N) is 2. The van der Waals surface area contributed by atoms with Gasteiger partial charge in [0.2, 0.25) is 0 Å². The molecule has 1 aromatic carbocycles. The first-order valence-electron chi connectivity index (χ1n) is 7.90. The van der Waals surface area contributed by atoms with Crippen LogP contribution in [-0.2, 0) is 10.2 Å². The van der Waals surface area contributed by atoms with Crippen LogP contribution in [0, 0.1) is 0 Å². The number of anilines is 1. The quantitative estimate of drug-likeness (QED) is 0.927. The predicted molar refractivity (Wildman–Crippen MR) is 83.9 cm³/mol. The predicted octanol–water partition coefficient (Wildman–Crippen LogP) is 2.33. The van der Waals surface area contributed by atoms with Crippen LogP contribution in [0.3, 0.4) is 0 Å². The molecule has 0 atom stereocenters. The average molecular weight is 288 g/mol. The third kappa shape index (κ3) is 2.53. The normalized spacial score (nSPS) is 22.4. The molecule has 0 unspecified atom stereocenters. The van der Waals surface area contributed by atoms with Gasteiger partial charge in [-0.15, -0.1) is 0 Å². The van der Waals surface area contributed by atoms with Crippen molar-refractivity contribution in [1.29, 1.82) is 0 Å². The summed E-state index contributed by atoms with van der Waals surface area (Å²) < 4.78 is 0. The number of likely N-dealkylation sites (N-methyl/N-ethyl adjacent to an activating group) is 1. The van der Waals surface area contributed by atoms with Crippen LogP contribution in [0.4, 0.5) is 5.69 Å². The number of carboxylic acids is 1. The Balaban J connectivity index is 1.97. The van der Waals surface area contributed by atoms with Crippen molar-refractivity contribution in [3.8, 4) is 0 Å². The van der Waals surface area contributed by atoms with Crippen LogP contribution in [0.25, 0.3) is 0 Å². The van der Waals surface area contributed by atoms with Crippen LogP contribution in [-0.4, -0.2) is 49.2 Å². The van der Waals surface area contributed by atoms with Gasteiger partial charge in [0.25, 0.3) is 0 Å². The van der Waals surface area contributed by atoms with Crippen molar-refractivity contribution in [2.45, 2.75) is 31.1 Å². The van der Waals surface area contributed by atoms with Crippen molar-refractivity contribution in [2.75, 3.05) is 38.1 Å². The second-order valence-corrected chi connectivity index (χ2v) is 6.40. The lowest BCUT2D eigenvalue weighted by molar-refractivity contribution is -0.143. The van der Waals surface area contributed by atoms with E-state index in [1.165, 1.54) is 0 Å². The highest BCUT2D eigenvalue weighted by Crippen LogP contribution is 2.45. The summed E-state index contributed by atoms with van der Waals surface area (Å²) in [6.45, 7) is 4.02. The maximum Gasteiger partial charge on any atom is 0.314 e. The molecule has 2 aliphatic rings. The van der Waals surface area contributed by atoms with Gasteiger partial charge in [0, 0.05) is 31.9 Å². The molecular formula is C17H24N2O2. The number of carbonyl (C=O) groups is 1. The number of rotatable bonds is 3. The third-order valence-corrected chi connectivity index (χ3v) is 5.13. The van der Waals surface area contributed by atoms with Crippen molar-refractivity contribution in [1.82, 2.24) is 4.90 Å². The fraction of sp³-hybridized carbons (Fsp3) is 0.588. The number of piperazine rings is 1. The van der Waals surface area contributed by atoms with Gasteiger partial charge in [0.05, 0.1) is 5.41 Å². The highest BCUT2D eigenvalue weighted by atomic mass is 16.4. The number of para-hydroxylation sites is 1. The monoisotopic (exact) mass is 288 g/mol. The standard InChI is InChI=1S/C17H24N2O2/c1-18-10-12-19(13-11-18)15-7-3-2-6-14(15)17(16(20)21)8-4-5-9-17/h2-3,6-7H,4-5,8-13H2,1H3,(H,20,21). The van der Waals surface area contributed by atoms with E-state index in [0.29, 0.717) is 0 Å². The molecule has 114 valence electrons. The van der Waals surface area contributed by atoms with Gasteiger partial charge < -0.3 is 14.9 Å². The van der Waals surface area contributed by atoms with Crippen LogP contribution in [0.15, 0.2) is 24.3 Å². The molecule has 0 spiro atoms. The first-order valence-corrected chi connectivity index (χ1v) is 7.90. The number of aliphatic carboxylic acids is 1. The summed E-state index contributed by atoms with van der Waals surface area (Å²) in [5.74, 6) is -0.651. The molecule has 0 bridgehead atoms. The van der Waals surface area contributed by atoms with E-state index in [1.807, 2.05) is 18.2 Å². The fourth-order valence-corrected chi connectivity index (χ4v) is 3.78.